The van der Waals surface area contributed by atoms with Crippen molar-refractivity contribution in [1.82, 2.24) is 19.7 Å². The molecule has 0 aliphatic heterocycles. The van der Waals surface area contributed by atoms with Crippen molar-refractivity contribution < 1.29 is 4.79 Å². The molecule has 7 heteroatoms. The van der Waals surface area contributed by atoms with Crippen LogP contribution in [0.4, 0.5) is 16.4 Å². The number of rotatable bonds is 4. The minimum Gasteiger partial charge on any atom is -0.292 e. The number of hydrogen-bond donors (Lipinski definition) is 2. The highest BCUT2D eigenvalue weighted by Crippen LogP contribution is 2.10. The van der Waals surface area contributed by atoms with Crippen molar-refractivity contribution in [3.05, 3.63) is 66.2 Å². The van der Waals surface area contributed by atoms with E-state index >= 15 is 0 Å². The molecule has 3 heterocycles. The van der Waals surface area contributed by atoms with Gasteiger partial charge in [0.15, 0.2) is 5.82 Å². The molecule has 0 spiro atoms. The summed E-state index contributed by atoms with van der Waals surface area (Å²) in [5.41, 5.74) is 1.98. The van der Waals surface area contributed by atoms with E-state index < -0.39 is 0 Å². The molecule has 3 aromatic rings. The summed E-state index contributed by atoms with van der Waals surface area (Å²) in [5, 5.41) is 9.70. The Bertz CT molecular complexity index is 799. The summed E-state index contributed by atoms with van der Waals surface area (Å²) in [5.74, 6) is 1.01. The molecule has 0 fully saturated rings. The molecule has 0 atom stereocenters. The first-order chi connectivity index (χ1) is 11.2. The van der Waals surface area contributed by atoms with E-state index in [4.69, 9.17) is 0 Å². The van der Waals surface area contributed by atoms with Crippen LogP contribution >= 0.6 is 0 Å². The van der Waals surface area contributed by atoms with Gasteiger partial charge in [-0.2, -0.15) is 5.10 Å². The fourth-order valence-corrected chi connectivity index (χ4v) is 2.06. The average molecular weight is 308 g/mol. The van der Waals surface area contributed by atoms with E-state index in [1.54, 1.807) is 29.3 Å². The standard InChI is InChI=1S/C16H16N6O/c1-12-3-2-7-18-15(12)20-16(23)19-14-6-10-22(21-14)11-13-4-8-17-9-5-13/h2-10H,11H2,1H3,(H2,18,19,20,21,23). The van der Waals surface area contributed by atoms with Gasteiger partial charge in [-0.25, -0.2) is 9.78 Å². The zero-order chi connectivity index (χ0) is 16.1. The first-order valence-electron chi connectivity index (χ1n) is 7.13. The third kappa shape index (κ3) is 3.91. The Balaban J connectivity index is 1.60. The third-order valence-electron chi connectivity index (χ3n) is 3.22. The third-order valence-corrected chi connectivity index (χ3v) is 3.22. The lowest BCUT2D eigenvalue weighted by molar-refractivity contribution is 0.262. The Morgan fingerprint density at radius 3 is 2.74 bits per heavy atom. The maximum atomic E-state index is 12.0. The lowest BCUT2D eigenvalue weighted by atomic mass is 10.3. The first-order valence-corrected chi connectivity index (χ1v) is 7.13. The fourth-order valence-electron chi connectivity index (χ4n) is 2.06. The number of nitrogens with one attached hydrogen (secondary N) is 2. The van der Waals surface area contributed by atoms with Crippen LogP contribution in [0.25, 0.3) is 0 Å². The van der Waals surface area contributed by atoms with Crippen LogP contribution in [0.15, 0.2) is 55.1 Å². The van der Waals surface area contributed by atoms with Gasteiger partial charge < -0.3 is 0 Å². The highest BCUT2D eigenvalue weighted by atomic mass is 16.2. The van der Waals surface area contributed by atoms with Gasteiger partial charge >= 0.3 is 6.03 Å². The molecule has 3 aromatic heterocycles. The van der Waals surface area contributed by atoms with E-state index in [1.165, 1.54) is 0 Å². The molecular weight excluding hydrogens is 292 g/mol. The van der Waals surface area contributed by atoms with Crippen LogP contribution in [0.5, 0.6) is 0 Å². The SMILES string of the molecule is Cc1cccnc1NC(=O)Nc1ccn(Cc2ccncc2)n1. The number of carbonyl (C=O) groups is 1. The minimum absolute atomic E-state index is 0.374. The Labute approximate surface area is 133 Å². The average Bonchev–Trinajstić information content (AvgIpc) is 2.97. The molecule has 0 unspecified atom stereocenters. The van der Waals surface area contributed by atoms with E-state index in [1.807, 2.05) is 37.4 Å². The summed E-state index contributed by atoms with van der Waals surface area (Å²) in [6.45, 7) is 2.50. The topological polar surface area (TPSA) is 84.7 Å². The predicted molar refractivity (Wildman–Crippen MR) is 87.2 cm³/mol. The second-order valence-corrected chi connectivity index (χ2v) is 5.00. The van der Waals surface area contributed by atoms with E-state index in [0.717, 1.165) is 11.1 Å². The number of urea groups is 1. The van der Waals surface area contributed by atoms with Crippen molar-refractivity contribution in [2.24, 2.45) is 0 Å². The monoisotopic (exact) mass is 308 g/mol. The predicted octanol–water partition coefficient (Wildman–Crippen LogP) is 2.67. The molecule has 0 bridgehead atoms. The molecule has 0 saturated heterocycles. The molecule has 0 aromatic carbocycles. The Morgan fingerprint density at radius 1 is 1.13 bits per heavy atom. The van der Waals surface area contributed by atoms with Gasteiger partial charge in [-0.15, -0.1) is 0 Å². The lowest BCUT2D eigenvalue weighted by Crippen LogP contribution is -2.21. The summed E-state index contributed by atoms with van der Waals surface area (Å²) in [4.78, 5) is 20.1. The maximum absolute atomic E-state index is 12.0. The quantitative estimate of drug-likeness (QED) is 0.776. The van der Waals surface area contributed by atoms with Gasteiger partial charge in [-0.05, 0) is 36.2 Å². The molecule has 116 valence electrons. The highest BCUT2D eigenvalue weighted by Gasteiger charge is 2.07. The van der Waals surface area contributed by atoms with Crippen LogP contribution in [-0.4, -0.2) is 25.8 Å². The number of aryl methyl sites for hydroxylation is 1. The lowest BCUT2D eigenvalue weighted by Gasteiger charge is -2.07. The van der Waals surface area contributed by atoms with Gasteiger partial charge in [0.2, 0.25) is 0 Å². The highest BCUT2D eigenvalue weighted by molar-refractivity contribution is 5.98. The smallest absolute Gasteiger partial charge is 0.292 e. The van der Waals surface area contributed by atoms with Crippen LogP contribution in [-0.2, 0) is 6.54 Å². The first kappa shape index (κ1) is 14.7. The van der Waals surface area contributed by atoms with Crippen molar-refractivity contribution in [2.75, 3.05) is 10.6 Å². The molecule has 0 saturated carbocycles. The van der Waals surface area contributed by atoms with E-state index in [0.29, 0.717) is 18.2 Å². The molecular formula is C16H16N6O. The zero-order valence-electron chi connectivity index (χ0n) is 12.6. The Hall–Kier alpha value is -3.22. The Kier molecular flexibility index (Phi) is 4.28. The number of aromatic nitrogens is 4. The van der Waals surface area contributed by atoms with Gasteiger partial charge in [-0.1, -0.05) is 6.07 Å². The molecule has 0 aliphatic rings. The van der Waals surface area contributed by atoms with Gasteiger partial charge in [0, 0.05) is 30.9 Å². The number of anilines is 2. The summed E-state index contributed by atoms with van der Waals surface area (Å²) < 4.78 is 1.75. The van der Waals surface area contributed by atoms with Crippen LogP contribution < -0.4 is 10.6 Å². The van der Waals surface area contributed by atoms with Gasteiger partial charge in [0.1, 0.15) is 5.82 Å². The van der Waals surface area contributed by atoms with Crippen molar-refractivity contribution in [2.45, 2.75) is 13.5 Å². The molecule has 3 rings (SSSR count). The summed E-state index contributed by atoms with van der Waals surface area (Å²) >= 11 is 0. The number of nitrogens with zero attached hydrogens (tertiary/aromatic N) is 4. The van der Waals surface area contributed by atoms with Crippen LogP contribution in [0, 0.1) is 6.92 Å². The molecule has 2 N–H and O–H groups in total. The van der Waals surface area contributed by atoms with Crippen molar-refractivity contribution in [3.63, 3.8) is 0 Å². The molecule has 7 nitrogen and oxygen atoms in total. The minimum atomic E-state index is -0.374. The van der Waals surface area contributed by atoms with Crippen molar-refractivity contribution in [3.8, 4) is 0 Å². The molecule has 0 radical (unpaired) electrons. The number of carbonyl (C=O) groups excluding carboxylic acids is 1. The van der Waals surface area contributed by atoms with E-state index in [9.17, 15) is 4.79 Å². The molecule has 2 amide bonds. The molecule has 0 aliphatic carbocycles. The normalized spacial score (nSPS) is 10.3. The van der Waals surface area contributed by atoms with Crippen LogP contribution in [0.3, 0.4) is 0 Å². The van der Waals surface area contributed by atoms with E-state index in [2.05, 4.69) is 25.7 Å². The summed E-state index contributed by atoms with van der Waals surface area (Å²) in [6, 6.07) is 8.91. The second kappa shape index (κ2) is 6.69. The Morgan fingerprint density at radius 2 is 1.96 bits per heavy atom. The van der Waals surface area contributed by atoms with E-state index in [-0.39, 0.29) is 6.03 Å². The maximum Gasteiger partial charge on any atom is 0.326 e. The number of hydrogen-bond acceptors (Lipinski definition) is 4. The van der Waals surface area contributed by atoms with Crippen molar-refractivity contribution in [1.29, 1.82) is 0 Å². The van der Waals surface area contributed by atoms with Crippen LogP contribution in [0.2, 0.25) is 0 Å². The second-order valence-electron chi connectivity index (χ2n) is 5.00. The summed E-state index contributed by atoms with van der Waals surface area (Å²) in [7, 11) is 0. The van der Waals surface area contributed by atoms with Gasteiger partial charge in [0.25, 0.3) is 0 Å². The number of amides is 2. The zero-order valence-corrected chi connectivity index (χ0v) is 12.6. The van der Waals surface area contributed by atoms with Crippen LogP contribution in [0.1, 0.15) is 11.1 Å². The molecule has 23 heavy (non-hydrogen) atoms. The fraction of sp³-hybridized carbons (Fsp3) is 0.125. The van der Waals surface area contributed by atoms with Gasteiger partial charge in [0.05, 0.1) is 6.54 Å². The number of pyridine rings is 2. The van der Waals surface area contributed by atoms with Crippen molar-refractivity contribution >= 4 is 17.7 Å². The largest absolute Gasteiger partial charge is 0.326 e. The van der Waals surface area contributed by atoms with Gasteiger partial charge in [-0.3, -0.25) is 20.3 Å². The summed E-state index contributed by atoms with van der Waals surface area (Å²) in [6.07, 6.45) is 6.91.